The van der Waals surface area contributed by atoms with Crippen molar-refractivity contribution in [1.29, 1.82) is 0 Å². The Morgan fingerprint density at radius 1 is 1.08 bits per heavy atom. The van der Waals surface area contributed by atoms with Crippen LogP contribution in [-0.4, -0.2) is 10.2 Å². The minimum absolute atomic E-state index is 1.22. The monoisotopic (exact) mass is 183 g/mol. The van der Waals surface area contributed by atoms with Crippen LogP contribution in [0, 0.1) is 13.8 Å². The SMILES string of the molecule is Cc1cc2ccccc2c([Si])c1C. The fourth-order valence-electron chi connectivity index (χ4n) is 1.59. The summed E-state index contributed by atoms with van der Waals surface area (Å²) in [6, 6.07) is 10.7. The van der Waals surface area contributed by atoms with Crippen LogP contribution >= 0.6 is 0 Å². The molecule has 0 spiro atoms. The molecule has 0 fully saturated rings. The lowest BCUT2D eigenvalue weighted by molar-refractivity contribution is 1.39. The number of aryl methyl sites for hydroxylation is 1. The van der Waals surface area contributed by atoms with Crippen molar-refractivity contribution in [1.82, 2.24) is 0 Å². The van der Waals surface area contributed by atoms with Gasteiger partial charge in [-0.25, -0.2) is 0 Å². The molecule has 0 unspecified atom stereocenters. The first kappa shape index (κ1) is 8.51. The Morgan fingerprint density at radius 2 is 1.77 bits per heavy atom. The van der Waals surface area contributed by atoms with E-state index in [1.165, 1.54) is 27.1 Å². The minimum Gasteiger partial charge on any atom is -0.0616 e. The average molecular weight is 183 g/mol. The standard InChI is InChI=1S/C12H11Si/c1-8-7-10-5-3-4-6-11(10)12(13)9(8)2/h3-7H,1-2H3. The van der Waals surface area contributed by atoms with E-state index in [0.717, 1.165) is 0 Å². The molecule has 2 aromatic carbocycles. The molecule has 3 radical (unpaired) electrons. The number of hydrogen-bond acceptors (Lipinski definition) is 0. The van der Waals surface area contributed by atoms with Gasteiger partial charge in [0, 0.05) is 0 Å². The highest BCUT2D eigenvalue weighted by Crippen LogP contribution is 2.15. The molecule has 0 aliphatic carbocycles. The second-order valence-corrected chi connectivity index (χ2v) is 3.91. The fourth-order valence-corrected chi connectivity index (χ4v) is 2.02. The first-order valence-corrected chi connectivity index (χ1v) is 4.90. The molecular formula is C12H11Si. The molecule has 0 saturated carbocycles. The molecule has 0 amide bonds. The van der Waals surface area contributed by atoms with Crippen LogP contribution in [-0.2, 0) is 0 Å². The van der Waals surface area contributed by atoms with E-state index in [-0.39, 0.29) is 0 Å². The number of rotatable bonds is 0. The van der Waals surface area contributed by atoms with E-state index in [4.69, 9.17) is 0 Å². The molecule has 0 aliphatic heterocycles. The largest absolute Gasteiger partial charge is 0.0724 e. The molecule has 0 nitrogen and oxygen atoms in total. The van der Waals surface area contributed by atoms with Gasteiger partial charge in [-0.3, -0.25) is 0 Å². The van der Waals surface area contributed by atoms with E-state index in [1.54, 1.807) is 0 Å². The first-order valence-electron chi connectivity index (χ1n) is 4.40. The van der Waals surface area contributed by atoms with Gasteiger partial charge in [-0.2, -0.15) is 0 Å². The van der Waals surface area contributed by atoms with Gasteiger partial charge in [0.1, 0.15) is 0 Å². The Balaban J connectivity index is 2.94. The van der Waals surface area contributed by atoms with Gasteiger partial charge in [0.2, 0.25) is 0 Å². The van der Waals surface area contributed by atoms with Gasteiger partial charge in [0.05, 0.1) is 10.2 Å². The summed E-state index contributed by atoms with van der Waals surface area (Å²) >= 11 is 0. The third-order valence-electron chi connectivity index (χ3n) is 2.57. The zero-order valence-corrected chi connectivity index (χ0v) is 8.89. The van der Waals surface area contributed by atoms with Gasteiger partial charge >= 0.3 is 0 Å². The van der Waals surface area contributed by atoms with E-state index >= 15 is 0 Å². The van der Waals surface area contributed by atoms with E-state index in [0.29, 0.717) is 0 Å². The van der Waals surface area contributed by atoms with Crippen LogP contribution in [0.3, 0.4) is 0 Å². The molecule has 0 N–H and O–H groups in total. The lowest BCUT2D eigenvalue weighted by Crippen LogP contribution is -2.10. The Labute approximate surface area is 82.0 Å². The zero-order chi connectivity index (χ0) is 9.42. The van der Waals surface area contributed by atoms with Crippen LogP contribution in [0.25, 0.3) is 10.8 Å². The molecule has 0 bridgehead atoms. The van der Waals surface area contributed by atoms with Gasteiger partial charge in [-0.1, -0.05) is 35.5 Å². The summed E-state index contributed by atoms with van der Waals surface area (Å²) in [5, 5.41) is 3.81. The summed E-state index contributed by atoms with van der Waals surface area (Å²) in [6.07, 6.45) is 0. The third kappa shape index (κ3) is 1.29. The molecule has 0 heterocycles. The minimum atomic E-state index is 1.22. The summed E-state index contributed by atoms with van der Waals surface area (Å²) in [6.45, 7) is 4.29. The fraction of sp³-hybridized carbons (Fsp3) is 0.167. The van der Waals surface area contributed by atoms with Crippen molar-refractivity contribution >= 4 is 26.2 Å². The van der Waals surface area contributed by atoms with Gasteiger partial charge < -0.3 is 0 Å². The highest BCUT2D eigenvalue weighted by Gasteiger charge is 2.01. The van der Waals surface area contributed by atoms with Crippen molar-refractivity contribution < 1.29 is 0 Å². The molecular weight excluding hydrogens is 172 g/mol. The average Bonchev–Trinajstić information content (AvgIpc) is 2.15. The summed E-state index contributed by atoms with van der Waals surface area (Å²) in [5.74, 6) is 0. The van der Waals surface area contributed by atoms with Gasteiger partial charge in [0.25, 0.3) is 0 Å². The maximum absolute atomic E-state index is 3.68. The van der Waals surface area contributed by atoms with Crippen LogP contribution in [0.2, 0.25) is 0 Å². The van der Waals surface area contributed by atoms with Crippen molar-refractivity contribution in [3.63, 3.8) is 0 Å². The van der Waals surface area contributed by atoms with Gasteiger partial charge in [-0.15, -0.1) is 0 Å². The summed E-state index contributed by atoms with van der Waals surface area (Å²) in [5.41, 5.74) is 2.67. The second-order valence-electron chi connectivity index (χ2n) is 3.41. The topological polar surface area (TPSA) is 0 Å². The van der Waals surface area contributed by atoms with Crippen molar-refractivity contribution in [3.05, 3.63) is 41.5 Å². The highest BCUT2D eigenvalue weighted by molar-refractivity contribution is 6.39. The molecule has 0 aliphatic rings. The van der Waals surface area contributed by atoms with E-state index < -0.39 is 0 Å². The lowest BCUT2D eigenvalue weighted by Gasteiger charge is -2.08. The smallest absolute Gasteiger partial charge is 0.0616 e. The highest BCUT2D eigenvalue weighted by atomic mass is 28.1. The van der Waals surface area contributed by atoms with Crippen molar-refractivity contribution in [3.8, 4) is 0 Å². The Morgan fingerprint density at radius 3 is 2.54 bits per heavy atom. The zero-order valence-electron chi connectivity index (χ0n) is 7.89. The van der Waals surface area contributed by atoms with Crippen LogP contribution in [0.15, 0.2) is 30.3 Å². The van der Waals surface area contributed by atoms with Crippen molar-refractivity contribution in [2.45, 2.75) is 13.8 Å². The predicted octanol–water partition coefficient (Wildman–Crippen LogP) is 2.25. The predicted molar refractivity (Wildman–Crippen MR) is 58.8 cm³/mol. The molecule has 2 rings (SSSR count). The van der Waals surface area contributed by atoms with E-state index in [2.05, 4.69) is 54.4 Å². The quantitative estimate of drug-likeness (QED) is 0.550. The van der Waals surface area contributed by atoms with Gasteiger partial charge in [-0.05, 0) is 35.7 Å². The second kappa shape index (κ2) is 3.00. The Kier molecular flexibility index (Phi) is 1.96. The normalized spacial score (nSPS) is 10.7. The molecule has 13 heavy (non-hydrogen) atoms. The number of benzene rings is 2. The van der Waals surface area contributed by atoms with Crippen molar-refractivity contribution in [2.75, 3.05) is 0 Å². The van der Waals surface area contributed by atoms with E-state index in [9.17, 15) is 0 Å². The summed E-state index contributed by atoms with van der Waals surface area (Å²) < 4.78 is 0. The van der Waals surface area contributed by atoms with Crippen LogP contribution < -0.4 is 5.19 Å². The summed E-state index contributed by atoms with van der Waals surface area (Å²) in [4.78, 5) is 0. The van der Waals surface area contributed by atoms with Crippen LogP contribution in [0.5, 0.6) is 0 Å². The molecule has 0 saturated heterocycles. The molecule has 2 aromatic rings. The lowest BCUT2D eigenvalue weighted by atomic mass is 10.0. The third-order valence-corrected chi connectivity index (χ3v) is 3.21. The number of hydrogen-bond donors (Lipinski definition) is 0. The van der Waals surface area contributed by atoms with Crippen LogP contribution in [0.1, 0.15) is 11.1 Å². The molecule has 0 aromatic heterocycles. The maximum atomic E-state index is 3.68. The Bertz CT molecular complexity index is 458. The first-order chi connectivity index (χ1) is 6.20. The van der Waals surface area contributed by atoms with Crippen LogP contribution in [0.4, 0.5) is 0 Å². The summed E-state index contributed by atoms with van der Waals surface area (Å²) in [7, 11) is 3.68. The maximum Gasteiger partial charge on any atom is 0.0724 e. The Hall–Kier alpha value is -1.08. The van der Waals surface area contributed by atoms with Gasteiger partial charge in [0.15, 0.2) is 0 Å². The van der Waals surface area contributed by atoms with E-state index in [1.807, 2.05) is 0 Å². The molecule has 63 valence electrons. The number of fused-ring (bicyclic) bond motifs is 1. The van der Waals surface area contributed by atoms with Crippen molar-refractivity contribution in [2.24, 2.45) is 0 Å². The molecule has 0 atom stereocenters. The molecule has 1 heteroatoms.